The second kappa shape index (κ2) is 14.8. The maximum Gasteiger partial charge on any atom is 0.0546 e. The molecule has 0 unspecified atom stereocenters. The van der Waals surface area contributed by atoms with Crippen molar-refractivity contribution in [3.05, 3.63) is 247 Å². The second-order valence-electron chi connectivity index (χ2n) is 19.6. The van der Waals surface area contributed by atoms with Gasteiger partial charge in [-0.15, -0.1) is 0 Å². The standard InChI is InChI=1S/C66H49N/c1-65(2)57-29-15-13-27-55(57)64-58(65)30-17-31-60(64)67(47-36-37-52-51-25-12-14-28-56(51)66(3,4)59(52)41-47)61-39-38-54-50-24-9-8-22-48(50)49-23-10-11-26-53(49)63(54)62(61)44-34-32-43(33-35-44)46-21-16-20-45(40-46)42-18-6-5-7-19-42/h5-41H,1-4H3. The molecule has 0 aromatic heterocycles. The average Bonchev–Trinajstić information content (AvgIpc) is 3.76. The lowest BCUT2D eigenvalue weighted by molar-refractivity contribution is 0.660. The number of fused-ring (bicyclic) bond motifs is 12. The first-order valence-corrected chi connectivity index (χ1v) is 23.7. The molecular weight excluding hydrogens is 807 g/mol. The molecule has 0 radical (unpaired) electrons. The van der Waals surface area contributed by atoms with E-state index in [0.29, 0.717) is 0 Å². The molecule has 0 saturated carbocycles. The molecule has 1 nitrogen and oxygen atoms in total. The first-order valence-electron chi connectivity index (χ1n) is 23.7. The van der Waals surface area contributed by atoms with Gasteiger partial charge in [-0.3, -0.25) is 0 Å². The minimum absolute atomic E-state index is 0.163. The van der Waals surface area contributed by atoms with E-state index in [0.717, 1.165) is 11.4 Å². The molecular formula is C66H49N. The Hall–Kier alpha value is -8.00. The average molecular weight is 856 g/mol. The summed E-state index contributed by atoms with van der Waals surface area (Å²) < 4.78 is 0. The SMILES string of the molecule is CC1(C)c2ccccc2-c2ccc(N(c3cccc4c3-c3ccccc3C4(C)C)c3ccc4c5ccccc5c5ccccc5c4c3-c3ccc(-c4cccc(-c5ccccc5)c4)cc3)cc21. The van der Waals surface area contributed by atoms with Gasteiger partial charge in [0.15, 0.2) is 0 Å². The molecule has 0 N–H and O–H groups in total. The van der Waals surface area contributed by atoms with Crippen molar-refractivity contribution in [2.24, 2.45) is 0 Å². The highest BCUT2D eigenvalue weighted by Gasteiger charge is 2.40. The molecule has 0 saturated heterocycles. The van der Waals surface area contributed by atoms with Gasteiger partial charge >= 0.3 is 0 Å². The molecule has 2 aliphatic rings. The Morgan fingerprint density at radius 3 is 1.48 bits per heavy atom. The van der Waals surface area contributed by atoms with Crippen LogP contribution in [0.4, 0.5) is 17.1 Å². The number of rotatable bonds is 6. The number of hydrogen-bond donors (Lipinski definition) is 0. The molecule has 0 spiro atoms. The molecule has 318 valence electrons. The van der Waals surface area contributed by atoms with E-state index in [1.165, 1.54) is 116 Å². The molecule has 0 bridgehead atoms. The fraction of sp³-hybridized carbons (Fsp3) is 0.0909. The highest BCUT2D eigenvalue weighted by atomic mass is 15.1. The topological polar surface area (TPSA) is 3.24 Å². The molecule has 1 heteroatoms. The molecule has 0 amide bonds. The van der Waals surface area contributed by atoms with Crippen LogP contribution in [-0.4, -0.2) is 0 Å². The van der Waals surface area contributed by atoms with Crippen LogP contribution in [0.25, 0.3) is 88.0 Å². The second-order valence-corrected chi connectivity index (χ2v) is 19.6. The molecule has 13 rings (SSSR count). The lowest BCUT2D eigenvalue weighted by Crippen LogP contribution is -2.18. The van der Waals surface area contributed by atoms with Crippen LogP contribution in [0, 0.1) is 0 Å². The molecule has 2 aliphatic carbocycles. The molecule has 67 heavy (non-hydrogen) atoms. The zero-order valence-corrected chi connectivity index (χ0v) is 38.3. The quantitative estimate of drug-likeness (QED) is 0.151. The Bertz CT molecular complexity index is 3760. The zero-order valence-electron chi connectivity index (χ0n) is 38.3. The lowest BCUT2D eigenvalue weighted by atomic mass is 9.82. The first-order chi connectivity index (χ1) is 32.8. The number of nitrogens with zero attached hydrogens (tertiary/aromatic N) is 1. The van der Waals surface area contributed by atoms with E-state index in [2.05, 4.69) is 257 Å². The van der Waals surface area contributed by atoms with Gasteiger partial charge in [-0.2, -0.15) is 0 Å². The smallest absolute Gasteiger partial charge is 0.0546 e. The van der Waals surface area contributed by atoms with E-state index < -0.39 is 0 Å². The number of hydrogen-bond acceptors (Lipinski definition) is 1. The van der Waals surface area contributed by atoms with E-state index in [1.54, 1.807) is 0 Å². The van der Waals surface area contributed by atoms with Crippen LogP contribution in [0.1, 0.15) is 49.9 Å². The van der Waals surface area contributed by atoms with Crippen LogP contribution in [0.3, 0.4) is 0 Å². The fourth-order valence-corrected chi connectivity index (χ4v) is 12.0. The summed E-state index contributed by atoms with van der Waals surface area (Å²) >= 11 is 0. The monoisotopic (exact) mass is 855 g/mol. The van der Waals surface area contributed by atoms with Crippen molar-refractivity contribution in [2.75, 3.05) is 4.90 Å². The van der Waals surface area contributed by atoms with Crippen molar-refractivity contribution in [2.45, 2.75) is 38.5 Å². The van der Waals surface area contributed by atoms with Gasteiger partial charge < -0.3 is 4.90 Å². The van der Waals surface area contributed by atoms with Gasteiger partial charge in [0.2, 0.25) is 0 Å². The van der Waals surface area contributed by atoms with Gasteiger partial charge in [0, 0.05) is 33.0 Å². The van der Waals surface area contributed by atoms with E-state index in [9.17, 15) is 0 Å². The summed E-state index contributed by atoms with van der Waals surface area (Å²) in [4.78, 5) is 2.60. The Balaban J connectivity index is 1.12. The van der Waals surface area contributed by atoms with E-state index in [1.807, 2.05) is 0 Å². The third-order valence-electron chi connectivity index (χ3n) is 15.3. The molecule has 0 atom stereocenters. The van der Waals surface area contributed by atoms with Gasteiger partial charge in [-0.1, -0.05) is 222 Å². The lowest BCUT2D eigenvalue weighted by Gasteiger charge is -2.32. The Morgan fingerprint density at radius 1 is 0.284 bits per heavy atom. The van der Waals surface area contributed by atoms with Crippen LogP contribution >= 0.6 is 0 Å². The zero-order chi connectivity index (χ0) is 45.0. The summed E-state index contributed by atoms with van der Waals surface area (Å²) in [6.07, 6.45) is 0. The highest BCUT2D eigenvalue weighted by molar-refractivity contribution is 6.30. The predicted octanol–water partition coefficient (Wildman–Crippen LogP) is 18.2. The van der Waals surface area contributed by atoms with E-state index >= 15 is 0 Å². The molecule has 0 heterocycles. The van der Waals surface area contributed by atoms with Crippen molar-refractivity contribution in [1.82, 2.24) is 0 Å². The minimum atomic E-state index is -0.171. The molecule has 0 fully saturated rings. The summed E-state index contributed by atoms with van der Waals surface area (Å²) in [5.41, 5.74) is 21.1. The third kappa shape index (κ3) is 5.87. The highest BCUT2D eigenvalue weighted by Crippen LogP contribution is 2.57. The molecule has 0 aliphatic heterocycles. The molecule has 11 aromatic rings. The number of benzene rings is 11. The third-order valence-corrected chi connectivity index (χ3v) is 15.3. The normalized spacial score (nSPS) is 13.9. The van der Waals surface area contributed by atoms with E-state index in [4.69, 9.17) is 0 Å². The maximum absolute atomic E-state index is 2.60. The molecule has 11 aromatic carbocycles. The predicted molar refractivity (Wildman–Crippen MR) is 285 cm³/mol. The van der Waals surface area contributed by atoms with Crippen LogP contribution in [0.5, 0.6) is 0 Å². The minimum Gasteiger partial charge on any atom is -0.309 e. The van der Waals surface area contributed by atoms with Crippen LogP contribution in [0.2, 0.25) is 0 Å². The van der Waals surface area contributed by atoms with Crippen molar-refractivity contribution >= 4 is 49.4 Å². The first kappa shape index (κ1) is 39.4. The maximum atomic E-state index is 2.60. The summed E-state index contributed by atoms with van der Waals surface area (Å²) in [5, 5.41) is 7.56. The Labute approximate surface area is 393 Å². The Kier molecular flexibility index (Phi) is 8.67. The van der Waals surface area contributed by atoms with Crippen molar-refractivity contribution in [1.29, 1.82) is 0 Å². The van der Waals surface area contributed by atoms with Gasteiger partial charge in [-0.05, 0) is 124 Å². The summed E-state index contributed by atoms with van der Waals surface area (Å²) in [7, 11) is 0. The number of anilines is 3. The van der Waals surface area contributed by atoms with Gasteiger partial charge in [0.25, 0.3) is 0 Å². The van der Waals surface area contributed by atoms with Crippen molar-refractivity contribution in [3.8, 4) is 55.6 Å². The summed E-state index contributed by atoms with van der Waals surface area (Å²) in [6.45, 7) is 9.55. The van der Waals surface area contributed by atoms with Crippen LogP contribution in [-0.2, 0) is 10.8 Å². The Morgan fingerprint density at radius 2 is 0.761 bits per heavy atom. The van der Waals surface area contributed by atoms with Gasteiger partial charge in [0.1, 0.15) is 0 Å². The fourth-order valence-electron chi connectivity index (χ4n) is 12.0. The van der Waals surface area contributed by atoms with Crippen molar-refractivity contribution < 1.29 is 0 Å². The van der Waals surface area contributed by atoms with Crippen molar-refractivity contribution in [3.63, 3.8) is 0 Å². The largest absolute Gasteiger partial charge is 0.309 e. The summed E-state index contributed by atoms with van der Waals surface area (Å²) in [6, 6.07) is 84.0. The van der Waals surface area contributed by atoms with Gasteiger partial charge in [-0.25, -0.2) is 0 Å². The van der Waals surface area contributed by atoms with E-state index in [-0.39, 0.29) is 10.8 Å². The van der Waals surface area contributed by atoms with Crippen LogP contribution in [0.15, 0.2) is 224 Å². The summed E-state index contributed by atoms with van der Waals surface area (Å²) in [5.74, 6) is 0. The van der Waals surface area contributed by atoms with Crippen LogP contribution < -0.4 is 4.90 Å². The van der Waals surface area contributed by atoms with Gasteiger partial charge in [0.05, 0.1) is 11.4 Å².